The van der Waals surface area contributed by atoms with E-state index in [9.17, 15) is 13.2 Å². The summed E-state index contributed by atoms with van der Waals surface area (Å²) in [6.45, 7) is 1.38. The van der Waals surface area contributed by atoms with Gasteiger partial charge in [0.1, 0.15) is 0 Å². The lowest BCUT2D eigenvalue weighted by atomic mass is 10.0. The average molecular weight is 243 g/mol. The number of rotatable bonds is 0. The van der Waals surface area contributed by atoms with Gasteiger partial charge < -0.3 is 10.1 Å². The Kier molecular flexibility index (Phi) is 2.41. The number of nitrogens with one attached hydrogen (secondary N) is 1. The molecule has 5 heteroatoms. The SMILES string of the molecule is FC(F)(F)c1ccc2c(c1)C[C@H]1OCCNC21. The van der Waals surface area contributed by atoms with Crippen LogP contribution in [0, 0.1) is 0 Å². The smallest absolute Gasteiger partial charge is 0.375 e. The second-order valence-electron chi connectivity index (χ2n) is 4.46. The number of ether oxygens (including phenoxy) is 1. The Labute approximate surface area is 96.8 Å². The van der Waals surface area contributed by atoms with Gasteiger partial charge in [-0.2, -0.15) is 13.2 Å². The van der Waals surface area contributed by atoms with Crippen LogP contribution in [0.15, 0.2) is 18.2 Å². The predicted octanol–water partition coefficient (Wildman–Crippen LogP) is 2.29. The van der Waals surface area contributed by atoms with Crippen molar-refractivity contribution in [1.82, 2.24) is 5.32 Å². The van der Waals surface area contributed by atoms with E-state index in [2.05, 4.69) is 5.32 Å². The molecule has 1 aromatic rings. The molecule has 92 valence electrons. The van der Waals surface area contributed by atoms with E-state index in [1.54, 1.807) is 6.07 Å². The molecule has 2 nitrogen and oxygen atoms in total. The van der Waals surface area contributed by atoms with Crippen LogP contribution in [-0.2, 0) is 17.3 Å². The van der Waals surface area contributed by atoms with Gasteiger partial charge in [-0.05, 0) is 23.3 Å². The Morgan fingerprint density at radius 2 is 2.12 bits per heavy atom. The molecule has 0 saturated carbocycles. The predicted molar refractivity (Wildman–Crippen MR) is 55.6 cm³/mol. The van der Waals surface area contributed by atoms with Crippen LogP contribution in [0.2, 0.25) is 0 Å². The topological polar surface area (TPSA) is 21.3 Å². The molecule has 0 aromatic heterocycles. The highest BCUT2D eigenvalue weighted by Crippen LogP contribution is 2.38. The molecule has 1 aliphatic carbocycles. The monoisotopic (exact) mass is 243 g/mol. The minimum atomic E-state index is -4.27. The number of benzene rings is 1. The highest BCUT2D eigenvalue weighted by atomic mass is 19.4. The summed E-state index contributed by atoms with van der Waals surface area (Å²) in [7, 11) is 0. The summed E-state index contributed by atoms with van der Waals surface area (Å²) in [5.74, 6) is 0. The Morgan fingerprint density at radius 1 is 1.29 bits per heavy atom. The minimum Gasteiger partial charge on any atom is -0.375 e. The number of hydrogen-bond donors (Lipinski definition) is 1. The molecule has 3 rings (SSSR count). The van der Waals surface area contributed by atoms with E-state index in [1.165, 1.54) is 6.07 Å². The van der Waals surface area contributed by atoms with E-state index in [1.807, 2.05) is 0 Å². The summed E-state index contributed by atoms with van der Waals surface area (Å²) in [6, 6.07) is 4.03. The average Bonchev–Trinajstić information content (AvgIpc) is 2.65. The van der Waals surface area contributed by atoms with E-state index < -0.39 is 11.7 Å². The standard InChI is InChI=1S/C12H12F3NO/c13-12(14,15)8-1-2-9-7(5-8)6-10-11(9)16-3-4-17-10/h1-2,5,10-11,16H,3-4,6H2/t10-,11?/m1/s1. The molecule has 1 aromatic carbocycles. The maximum Gasteiger partial charge on any atom is 0.416 e. The fourth-order valence-corrected chi connectivity index (χ4v) is 2.62. The van der Waals surface area contributed by atoms with Gasteiger partial charge in [-0.3, -0.25) is 0 Å². The molecule has 2 aliphatic rings. The Morgan fingerprint density at radius 3 is 2.88 bits per heavy atom. The van der Waals surface area contributed by atoms with Gasteiger partial charge in [-0.25, -0.2) is 0 Å². The zero-order valence-electron chi connectivity index (χ0n) is 9.05. The fourth-order valence-electron chi connectivity index (χ4n) is 2.62. The summed E-state index contributed by atoms with van der Waals surface area (Å²) in [6.07, 6.45) is -3.71. The third-order valence-electron chi connectivity index (χ3n) is 3.40. The third kappa shape index (κ3) is 1.83. The number of alkyl halides is 3. The van der Waals surface area contributed by atoms with Crippen molar-refractivity contribution in [2.24, 2.45) is 0 Å². The van der Waals surface area contributed by atoms with E-state index in [0.717, 1.165) is 23.7 Å². The molecule has 1 heterocycles. The molecule has 0 radical (unpaired) electrons. The Hall–Kier alpha value is -1.07. The Balaban J connectivity index is 1.97. The van der Waals surface area contributed by atoms with Crippen molar-refractivity contribution >= 4 is 0 Å². The van der Waals surface area contributed by atoms with Crippen molar-refractivity contribution in [1.29, 1.82) is 0 Å². The van der Waals surface area contributed by atoms with Gasteiger partial charge in [-0.1, -0.05) is 6.07 Å². The van der Waals surface area contributed by atoms with Crippen LogP contribution >= 0.6 is 0 Å². The van der Waals surface area contributed by atoms with Crippen LogP contribution in [0.25, 0.3) is 0 Å². The molecule has 17 heavy (non-hydrogen) atoms. The van der Waals surface area contributed by atoms with Crippen LogP contribution in [0.3, 0.4) is 0 Å². The van der Waals surface area contributed by atoms with Crippen molar-refractivity contribution < 1.29 is 17.9 Å². The second-order valence-corrected chi connectivity index (χ2v) is 4.46. The zero-order chi connectivity index (χ0) is 12.0. The zero-order valence-corrected chi connectivity index (χ0v) is 9.05. The van der Waals surface area contributed by atoms with Crippen LogP contribution in [0.1, 0.15) is 22.7 Å². The highest BCUT2D eigenvalue weighted by molar-refractivity contribution is 5.40. The summed E-state index contributed by atoms with van der Waals surface area (Å²) < 4.78 is 43.3. The molecule has 0 amide bonds. The molecular formula is C12H12F3NO. The molecule has 1 saturated heterocycles. The molecule has 1 fully saturated rings. The lowest BCUT2D eigenvalue weighted by Crippen LogP contribution is -2.39. The van der Waals surface area contributed by atoms with E-state index >= 15 is 0 Å². The minimum absolute atomic E-state index is 0.0118. The van der Waals surface area contributed by atoms with Gasteiger partial charge in [0, 0.05) is 13.0 Å². The summed E-state index contributed by atoms with van der Waals surface area (Å²) in [5, 5.41) is 3.29. The van der Waals surface area contributed by atoms with Gasteiger partial charge in [0.25, 0.3) is 0 Å². The Bertz CT molecular complexity index is 444. The molecular weight excluding hydrogens is 231 g/mol. The largest absolute Gasteiger partial charge is 0.416 e. The van der Waals surface area contributed by atoms with E-state index in [4.69, 9.17) is 4.74 Å². The van der Waals surface area contributed by atoms with E-state index in [-0.39, 0.29) is 12.1 Å². The van der Waals surface area contributed by atoms with Crippen molar-refractivity contribution in [2.45, 2.75) is 24.7 Å². The van der Waals surface area contributed by atoms with Gasteiger partial charge in [0.15, 0.2) is 0 Å². The van der Waals surface area contributed by atoms with Gasteiger partial charge in [0.05, 0.1) is 24.3 Å². The molecule has 0 spiro atoms. The van der Waals surface area contributed by atoms with Gasteiger partial charge in [0.2, 0.25) is 0 Å². The summed E-state index contributed by atoms with van der Waals surface area (Å²) >= 11 is 0. The van der Waals surface area contributed by atoms with Crippen LogP contribution < -0.4 is 5.32 Å². The van der Waals surface area contributed by atoms with Crippen LogP contribution in [0.5, 0.6) is 0 Å². The highest BCUT2D eigenvalue weighted by Gasteiger charge is 2.38. The fraction of sp³-hybridized carbons (Fsp3) is 0.500. The van der Waals surface area contributed by atoms with Gasteiger partial charge >= 0.3 is 6.18 Å². The molecule has 1 N–H and O–H groups in total. The van der Waals surface area contributed by atoms with Crippen LogP contribution in [0.4, 0.5) is 13.2 Å². The normalized spacial score (nSPS) is 27.7. The summed E-state index contributed by atoms with van der Waals surface area (Å²) in [5.41, 5.74) is 1.13. The van der Waals surface area contributed by atoms with Crippen molar-refractivity contribution in [3.05, 3.63) is 34.9 Å². The first-order valence-corrected chi connectivity index (χ1v) is 5.61. The first-order chi connectivity index (χ1) is 8.05. The quantitative estimate of drug-likeness (QED) is 0.754. The molecule has 1 aliphatic heterocycles. The van der Waals surface area contributed by atoms with Crippen molar-refractivity contribution in [2.75, 3.05) is 13.2 Å². The summed E-state index contributed by atoms with van der Waals surface area (Å²) in [4.78, 5) is 0. The van der Waals surface area contributed by atoms with Crippen molar-refractivity contribution in [3.8, 4) is 0 Å². The lowest BCUT2D eigenvalue weighted by molar-refractivity contribution is -0.137. The number of morpholine rings is 1. The first-order valence-electron chi connectivity index (χ1n) is 5.61. The molecule has 2 atom stereocenters. The maximum absolute atomic E-state index is 12.6. The van der Waals surface area contributed by atoms with Gasteiger partial charge in [-0.15, -0.1) is 0 Å². The van der Waals surface area contributed by atoms with Crippen molar-refractivity contribution in [3.63, 3.8) is 0 Å². The molecule has 1 unspecified atom stereocenters. The van der Waals surface area contributed by atoms with Crippen LogP contribution in [-0.4, -0.2) is 19.3 Å². The third-order valence-corrected chi connectivity index (χ3v) is 3.40. The number of halogens is 3. The molecule has 0 bridgehead atoms. The number of hydrogen-bond acceptors (Lipinski definition) is 2. The first kappa shape index (κ1) is 11.0. The second kappa shape index (κ2) is 3.71. The maximum atomic E-state index is 12.6. The van der Waals surface area contributed by atoms with E-state index in [0.29, 0.717) is 13.0 Å². The lowest BCUT2D eigenvalue weighted by Gasteiger charge is -2.27. The number of fused-ring (bicyclic) bond motifs is 3.